The quantitative estimate of drug-likeness (QED) is 0.145. The second-order valence-electron chi connectivity index (χ2n) is 17.5. The van der Waals surface area contributed by atoms with Gasteiger partial charge in [-0.3, -0.25) is 19.2 Å². The number of urea groups is 1. The topological polar surface area (TPSA) is 180 Å². The third-order valence-corrected chi connectivity index (χ3v) is 15.1. The molecule has 0 aromatic rings. The first kappa shape index (κ1) is 41.8. The zero-order chi connectivity index (χ0) is 38.7. The van der Waals surface area contributed by atoms with Crippen molar-refractivity contribution < 1.29 is 37.1 Å². The molecule has 2 heterocycles. The van der Waals surface area contributed by atoms with Gasteiger partial charge in [0.25, 0.3) is 5.91 Å². The Hall–Kier alpha value is -3.00. The van der Waals surface area contributed by atoms with Gasteiger partial charge in [0.2, 0.25) is 17.6 Å². The van der Waals surface area contributed by atoms with Crippen LogP contribution < -0.4 is 21.3 Å². The molecule has 5 atom stereocenters. The van der Waals surface area contributed by atoms with E-state index in [9.17, 15) is 32.4 Å². The van der Waals surface area contributed by atoms with Crippen LogP contribution in [-0.2, 0) is 33.8 Å². The van der Waals surface area contributed by atoms with E-state index in [1.54, 1.807) is 6.92 Å². The number of amides is 5. The number of unbranched alkanes of at least 4 members (excludes halogenated alkanes) is 1. The number of sulfone groups is 1. The van der Waals surface area contributed by atoms with E-state index in [1.165, 1.54) is 11.0 Å². The maximum atomic E-state index is 14.5. The number of likely N-dealkylation sites (tertiary alicyclic amines) is 1. The molecule has 2 saturated heterocycles. The summed E-state index contributed by atoms with van der Waals surface area (Å²) >= 11 is 0. The standard InChI is InChI=1S/C38H63N5O8S/c1-9-11-15-26(29(44)32(46)39-20-10-2)40-31(45)28-27-25(36(27,6)7)23-43(28)33(47)30(35(3,4)5)41-34(48)42-38(16-13-12-14-17-38)24-52(49,50)37(8)18-21-51-22-19-37/h10,25-28,30H,2,9,11-24H2,1,3-8H3,(H,39,46)(H,40,45)(H2,41,42,48)/t25-,26-,27-,28-,30+/m0/s1. The molecule has 0 unspecified atom stereocenters. The Balaban J connectivity index is 1.55. The summed E-state index contributed by atoms with van der Waals surface area (Å²) < 4.78 is 32.3. The molecule has 294 valence electrons. The Labute approximate surface area is 310 Å². The minimum absolute atomic E-state index is 0.0459. The Bertz CT molecular complexity index is 1480. The summed E-state index contributed by atoms with van der Waals surface area (Å²) in [6.07, 6.45) is 7.42. The van der Waals surface area contributed by atoms with Crippen LogP contribution in [0, 0.1) is 22.7 Å². The third-order valence-electron chi connectivity index (χ3n) is 12.2. The number of carbonyl (C=O) groups is 5. The summed E-state index contributed by atoms with van der Waals surface area (Å²) in [4.78, 5) is 69.8. The highest BCUT2D eigenvalue weighted by atomic mass is 32.2. The van der Waals surface area contributed by atoms with Crippen molar-refractivity contribution >= 4 is 39.4 Å². The molecular weight excluding hydrogens is 687 g/mol. The third kappa shape index (κ3) is 9.02. The Kier molecular flexibility index (Phi) is 13.0. The monoisotopic (exact) mass is 749 g/mol. The van der Waals surface area contributed by atoms with Gasteiger partial charge in [-0.1, -0.05) is 79.7 Å². The number of fused-ring (bicyclic) bond motifs is 1. The smallest absolute Gasteiger partial charge is 0.315 e. The first-order chi connectivity index (χ1) is 24.2. The molecule has 2 saturated carbocycles. The lowest BCUT2D eigenvalue weighted by Crippen LogP contribution is -2.64. The first-order valence-electron chi connectivity index (χ1n) is 19.2. The minimum atomic E-state index is -3.63. The summed E-state index contributed by atoms with van der Waals surface area (Å²) in [5, 5.41) is 11.3. The lowest BCUT2D eigenvalue weighted by molar-refractivity contribution is -0.145. The number of rotatable bonds is 15. The van der Waals surface area contributed by atoms with Gasteiger partial charge in [0, 0.05) is 26.3 Å². The largest absolute Gasteiger partial charge is 0.381 e. The molecule has 0 aromatic carbocycles. The summed E-state index contributed by atoms with van der Waals surface area (Å²) in [6, 6.07) is -3.62. The molecule has 2 aliphatic heterocycles. The highest BCUT2D eigenvalue weighted by molar-refractivity contribution is 7.92. The average molecular weight is 750 g/mol. The Morgan fingerprint density at radius 3 is 2.19 bits per heavy atom. The molecule has 2 aliphatic carbocycles. The van der Waals surface area contributed by atoms with E-state index in [0.717, 1.165) is 25.7 Å². The SMILES string of the molecule is C=CCNC(=O)C(=O)[C@H](CCCC)NC(=O)[C@@H]1[C@@H]2[C@H](CN1C(=O)[C@@H](NC(=O)NC1(CS(=O)(=O)C3(C)CCOCC3)CCCCC1)C(C)(C)C)C2(C)C. The molecule has 4 fully saturated rings. The van der Waals surface area contributed by atoms with Gasteiger partial charge in [0.1, 0.15) is 12.1 Å². The van der Waals surface area contributed by atoms with Crippen LogP contribution in [0.25, 0.3) is 0 Å². The Morgan fingerprint density at radius 1 is 0.981 bits per heavy atom. The number of piperidine rings is 1. The van der Waals surface area contributed by atoms with Crippen LogP contribution in [0.3, 0.4) is 0 Å². The highest BCUT2D eigenvalue weighted by Gasteiger charge is 2.70. The Morgan fingerprint density at radius 2 is 1.62 bits per heavy atom. The molecule has 4 rings (SSSR count). The maximum absolute atomic E-state index is 14.5. The number of nitrogens with zero attached hydrogens (tertiary/aromatic N) is 1. The van der Waals surface area contributed by atoms with E-state index < -0.39 is 73.2 Å². The van der Waals surface area contributed by atoms with E-state index >= 15 is 0 Å². The van der Waals surface area contributed by atoms with Crippen molar-refractivity contribution in [3.8, 4) is 0 Å². The van der Waals surface area contributed by atoms with Crippen LogP contribution in [0.5, 0.6) is 0 Å². The van der Waals surface area contributed by atoms with Crippen LogP contribution in [-0.4, -0.2) is 103 Å². The predicted molar refractivity (Wildman–Crippen MR) is 199 cm³/mol. The van der Waals surface area contributed by atoms with E-state index in [4.69, 9.17) is 4.74 Å². The highest BCUT2D eigenvalue weighted by Crippen LogP contribution is 2.65. The molecule has 0 radical (unpaired) electrons. The van der Waals surface area contributed by atoms with Gasteiger partial charge in [0.05, 0.1) is 22.1 Å². The number of ketones is 1. The molecule has 4 aliphatic rings. The number of hydrogen-bond donors (Lipinski definition) is 4. The molecule has 14 heteroatoms. The molecule has 0 spiro atoms. The fraction of sp³-hybridized carbons (Fsp3) is 0.816. The van der Waals surface area contributed by atoms with E-state index in [1.807, 2.05) is 27.7 Å². The van der Waals surface area contributed by atoms with E-state index in [0.29, 0.717) is 51.9 Å². The molecule has 0 aromatic heterocycles. The number of hydrogen-bond acceptors (Lipinski definition) is 8. The van der Waals surface area contributed by atoms with Gasteiger partial charge in [-0.15, -0.1) is 6.58 Å². The maximum Gasteiger partial charge on any atom is 0.315 e. The second kappa shape index (κ2) is 16.2. The molecule has 4 N–H and O–H groups in total. The van der Waals surface area contributed by atoms with Gasteiger partial charge >= 0.3 is 6.03 Å². The van der Waals surface area contributed by atoms with Gasteiger partial charge < -0.3 is 30.9 Å². The van der Waals surface area contributed by atoms with E-state index in [2.05, 4.69) is 41.7 Å². The summed E-state index contributed by atoms with van der Waals surface area (Å²) in [5.41, 5.74) is -1.97. The van der Waals surface area contributed by atoms with Gasteiger partial charge in [0.15, 0.2) is 9.84 Å². The summed E-state index contributed by atoms with van der Waals surface area (Å²) in [5.74, 6) is -2.78. The number of ether oxygens (including phenoxy) is 1. The van der Waals surface area contributed by atoms with Crippen LogP contribution in [0.4, 0.5) is 4.79 Å². The van der Waals surface area contributed by atoms with Gasteiger partial charge in [-0.2, -0.15) is 0 Å². The van der Waals surface area contributed by atoms with Crippen LogP contribution in [0.1, 0.15) is 113 Å². The van der Waals surface area contributed by atoms with Crippen LogP contribution in [0.15, 0.2) is 12.7 Å². The van der Waals surface area contributed by atoms with Gasteiger partial charge in [-0.25, -0.2) is 13.2 Å². The van der Waals surface area contributed by atoms with Crippen molar-refractivity contribution in [1.82, 2.24) is 26.2 Å². The average Bonchev–Trinajstić information content (AvgIpc) is 3.37. The van der Waals surface area contributed by atoms with Crippen molar-refractivity contribution in [3.05, 3.63) is 12.7 Å². The first-order valence-corrected chi connectivity index (χ1v) is 20.8. The fourth-order valence-electron chi connectivity index (χ4n) is 8.57. The lowest BCUT2D eigenvalue weighted by Gasteiger charge is -2.42. The minimum Gasteiger partial charge on any atom is -0.381 e. The van der Waals surface area contributed by atoms with E-state index in [-0.39, 0.29) is 36.0 Å². The molecular formula is C38H63N5O8S. The van der Waals surface area contributed by atoms with Gasteiger partial charge in [-0.05, 0) is 61.7 Å². The number of nitrogens with one attached hydrogen (secondary N) is 4. The number of Topliss-reactive ketones (excluding diaryl/α,β-unsaturated/α-hetero) is 1. The predicted octanol–water partition coefficient (Wildman–Crippen LogP) is 3.42. The van der Waals surface area contributed by atoms with Crippen molar-refractivity contribution in [1.29, 1.82) is 0 Å². The van der Waals surface area contributed by atoms with Crippen molar-refractivity contribution in [2.24, 2.45) is 22.7 Å². The molecule has 13 nitrogen and oxygen atoms in total. The fourth-order valence-corrected chi connectivity index (χ4v) is 10.8. The molecule has 5 amide bonds. The van der Waals surface area contributed by atoms with Crippen molar-refractivity contribution in [2.75, 3.05) is 32.1 Å². The lowest BCUT2D eigenvalue weighted by atomic mass is 9.83. The normalized spacial score (nSPS) is 25.8. The summed E-state index contributed by atoms with van der Waals surface area (Å²) in [6.45, 7) is 18.1. The molecule has 52 heavy (non-hydrogen) atoms. The van der Waals surface area contributed by atoms with Crippen molar-refractivity contribution in [3.63, 3.8) is 0 Å². The van der Waals surface area contributed by atoms with Crippen LogP contribution in [0.2, 0.25) is 0 Å². The summed E-state index contributed by atoms with van der Waals surface area (Å²) in [7, 11) is -3.63. The second-order valence-corrected chi connectivity index (χ2v) is 20.0. The van der Waals surface area contributed by atoms with Crippen LogP contribution >= 0.6 is 0 Å². The van der Waals surface area contributed by atoms with Crippen molar-refractivity contribution in [2.45, 2.75) is 141 Å². The zero-order valence-electron chi connectivity index (χ0n) is 32.4. The molecule has 0 bridgehead atoms. The zero-order valence-corrected chi connectivity index (χ0v) is 33.2. The number of carbonyl (C=O) groups excluding carboxylic acids is 5.